The lowest BCUT2D eigenvalue weighted by molar-refractivity contribution is 0.0599. The number of carbonyl (C=O) groups excluding carboxylic acids is 2. The highest BCUT2D eigenvalue weighted by Gasteiger charge is 2.17. The molecule has 3 rings (SSSR count). The maximum absolute atomic E-state index is 12.3. The average Bonchev–Trinajstić information content (AvgIpc) is 2.73. The van der Waals surface area contributed by atoms with Crippen LogP contribution in [0.2, 0.25) is 0 Å². The number of esters is 2. The number of carbonyl (C=O) groups is 2. The summed E-state index contributed by atoms with van der Waals surface area (Å²) < 4.78 is 42.8. The van der Waals surface area contributed by atoms with Gasteiger partial charge in [0.2, 0.25) is 0 Å². The lowest BCUT2D eigenvalue weighted by atomic mass is 10.0. The molecule has 154 valence electrons. The third-order valence-corrected chi connectivity index (χ3v) is 5.23. The minimum atomic E-state index is -4.40. The van der Waals surface area contributed by atoms with Crippen molar-refractivity contribution < 1.29 is 32.0 Å². The van der Waals surface area contributed by atoms with Gasteiger partial charge in [0.25, 0.3) is 10.1 Å². The number of hydrogen-bond acceptors (Lipinski definition) is 6. The number of hydrogen-bond donors (Lipinski definition) is 1. The lowest BCUT2D eigenvalue weighted by Gasteiger charge is -2.10. The van der Waals surface area contributed by atoms with Gasteiger partial charge in [0.05, 0.1) is 18.2 Å². The van der Waals surface area contributed by atoms with E-state index in [1.165, 1.54) is 49.6 Å². The molecule has 0 atom stereocenters. The molecule has 0 aliphatic rings. The summed E-state index contributed by atoms with van der Waals surface area (Å²) in [6.45, 7) is 1.72. The monoisotopic (exact) mass is 426 g/mol. The Hall–Kier alpha value is -3.49. The molecule has 30 heavy (non-hydrogen) atoms. The molecule has 0 fully saturated rings. The minimum Gasteiger partial charge on any atom is -0.465 e. The van der Waals surface area contributed by atoms with Gasteiger partial charge in [0, 0.05) is 5.56 Å². The number of aryl methyl sites for hydroxylation is 1. The lowest BCUT2D eigenvalue weighted by Crippen LogP contribution is -2.09. The molecule has 0 aliphatic carbocycles. The van der Waals surface area contributed by atoms with Gasteiger partial charge in [-0.2, -0.15) is 8.42 Å². The van der Waals surface area contributed by atoms with Gasteiger partial charge in [-0.25, -0.2) is 9.59 Å². The van der Waals surface area contributed by atoms with Crippen molar-refractivity contribution in [2.24, 2.45) is 0 Å². The molecule has 0 saturated heterocycles. The van der Waals surface area contributed by atoms with Crippen LogP contribution in [-0.2, 0) is 14.9 Å². The molecule has 0 bridgehead atoms. The summed E-state index contributed by atoms with van der Waals surface area (Å²) in [6, 6.07) is 16.7. The highest BCUT2D eigenvalue weighted by atomic mass is 32.2. The van der Waals surface area contributed by atoms with Crippen LogP contribution < -0.4 is 4.74 Å². The summed E-state index contributed by atoms with van der Waals surface area (Å²) in [7, 11) is -3.13. The Morgan fingerprint density at radius 3 is 1.93 bits per heavy atom. The second-order valence-electron chi connectivity index (χ2n) is 6.46. The fraction of sp³-hybridized carbons (Fsp3) is 0.0909. The molecule has 0 aliphatic heterocycles. The van der Waals surface area contributed by atoms with Crippen LogP contribution in [0, 0.1) is 6.92 Å². The van der Waals surface area contributed by atoms with E-state index in [-0.39, 0.29) is 16.2 Å². The van der Waals surface area contributed by atoms with Crippen LogP contribution in [0.4, 0.5) is 0 Å². The van der Waals surface area contributed by atoms with Crippen molar-refractivity contribution in [3.05, 3.63) is 83.4 Å². The summed E-state index contributed by atoms with van der Waals surface area (Å²) in [5, 5.41) is 0. The number of rotatable bonds is 5. The molecule has 0 amide bonds. The first-order valence-electron chi connectivity index (χ1n) is 8.78. The minimum absolute atomic E-state index is 0.196. The van der Waals surface area contributed by atoms with Crippen molar-refractivity contribution in [3.63, 3.8) is 0 Å². The zero-order valence-corrected chi connectivity index (χ0v) is 17.0. The molecule has 3 aromatic rings. The molecule has 8 heteroatoms. The van der Waals surface area contributed by atoms with Crippen LogP contribution in [0.1, 0.15) is 26.3 Å². The number of benzene rings is 3. The van der Waals surface area contributed by atoms with Crippen LogP contribution in [-0.4, -0.2) is 32.0 Å². The standard InChI is InChI=1S/C22H18O7S/c1-14-3-12-19(20(13-14)30(25,26)27)15-8-10-18(11-9-15)29-22(24)17-6-4-16(5-7-17)21(23)28-2/h3-13H,1-2H3,(H,25,26,27). The quantitative estimate of drug-likeness (QED) is 0.374. The summed E-state index contributed by atoms with van der Waals surface area (Å²) in [6.07, 6.45) is 0. The van der Waals surface area contributed by atoms with E-state index >= 15 is 0 Å². The molecule has 0 radical (unpaired) electrons. The van der Waals surface area contributed by atoms with Crippen molar-refractivity contribution in [1.82, 2.24) is 0 Å². The maximum Gasteiger partial charge on any atom is 0.343 e. The van der Waals surface area contributed by atoms with Crippen LogP contribution in [0.15, 0.2) is 71.6 Å². The first-order valence-corrected chi connectivity index (χ1v) is 10.2. The summed E-state index contributed by atoms with van der Waals surface area (Å²) in [4.78, 5) is 23.5. The van der Waals surface area contributed by atoms with Crippen molar-refractivity contribution in [2.45, 2.75) is 11.8 Å². The highest BCUT2D eigenvalue weighted by molar-refractivity contribution is 7.86. The largest absolute Gasteiger partial charge is 0.465 e. The van der Waals surface area contributed by atoms with Gasteiger partial charge in [-0.3, -0.25) is 4.55 Å². The van der Waals surface area contributed by atoms with Gasteiger partial charge in [-0.1, -0.05) is 24.3 Å². The smallest absolute Gasteiger partial charge is 0.343 e. The second kappa shape index (κ2) is 8.48. The van der Waals surface area contributed by atoms with E-state index < -0.39 is 22.1 Å². The van der Waals surface area contributed by atoms with Gasteiger partial charge in [0.15, 0.2) is 0 Å². The van der Waals surface area contributed by atoms with Crippen molar-refractivity contribution in [3.8, 4) is 16.9 Å². The first-order chi connectivity index (χ1) is 14.2. The van der Waals surface area contributed by atoms with Crippen LogP contribution in [0.5, 0.6) is 5.75 Å². The van der Waals surface area contributed by atoms with E-state index in [9.17, 15) is 22.6 Å². The van der Waals surface area contributed by atoms with Crippen molar-refractivity contribution in [1.29, 1.82) is 0 Å². The van der Waals surface area contributed by atoms with E-state index in [0.717, 1.165) is 0 Å². The molecule has 3 aromatic carbocycles. The molecule has 0 heterocycles. The van der Waals surface area contributed by atoms with Gasteiger partial charge in [-0.15, -0.1) is 0 Å². The van der Waals surface area contributed by atoms with Crippen molar-refractivity contribution >= 4 is 22.1 Å². The Morgan fingerprint density at radius 1 is 0.833 bits per heavy atom. The normalized spacial score (nSPS) is 11.0. The predicted molar refractivity (Wildman–Crippen MR) is 109 cm³/mol. The van der Waals surface area contributed by atoms with Crippen LogP contribution in [0.25, 0.3) is 11.1 Å². The zero-order valence-electron chi connectivity index (χ0n) is 16.2. The molecule has 7 nitrogen and oxygen atoms in total. The van der Waals surface area contributed by atoms with Crippen LogP contribution >= 0.6 is 0 Å². The third kappa shape index (κ3) is 4.73. The van der Waals surface area contributed by atoms with E-state index in [0.29, 0.717) is 22.3 Å². The van der Waals surface area contributed by atoms with Gasteiger partial charge in [-0.05, 0) is 60.5 Å². The number of methoxy groups -OCH3 is 1. The van der Waals surface area contributed by atoms with E-state index in [4.69, 9.17) is 4.74 Å². The van der Waals surface area contributed by atoms with E-state index in [1.54, 1.807) is 31.2 Å². The SMILES string of the molecule is COC(=O)c1ccc(C(=O)Oc2ccc(-c3ccc(C)cc3S(=O)(=O)O)cc2)cc1. The predicted octanol–water partition coefficient (Wildman–Crippen LogP) is 3.91. The highest BCUT2D eigenvalue weighted by Crippen LogP contribution is 2.29. The molecule has 1 N–H and O–H groups in total. The van der Waals surface area contributed by atoms with Gasteiger partial charge in [0.1, 0.15) is 10.6 Å². The Morgan fingerprint density at radius 2 is 1.40 bits per heavy atom. The van der Waals surface area contributed by atoms with Gasteiger partial charge >= 0.3 is 11.9 Å². The Labute approximate surface area is 173 Å². The molecule has 0 spiro atoms. The summed E-state index contributed by atoms with van der Waals surface area (Å²) in [5.41, 5.74) is 2.12. The Kier molecular flexibility index (Phi) is 6.00. The molecule has 0 aromatic heterocycles. The molecule has 0 unspecified atom stereocenters. The average molecular weight is 426 g/mol. The van der Waals surface area contributed by atoms with Crippen LogP contribution in [0.3, 0.4) is 0 Å². The van der Waals surface area contributed by atoms with Gasteiger partial charge < -0.3 is 9.47 Å². The molecule has 0 saturated carbocycles. The first kappa shape index (κ1) is 21.2. The van der Waals surface area contributed by atoms with E-state index in [2.05, 4.69) is 4.74 Å². The topological polar surface area (TPSA) is 107 Å². The summed E-state index contributed by atoms with van der Waals surface area (Å²) >= 11 is 0. The Balaban J connectivity index is 1.80. The van der Waals surface area contributed by atoms with Crippen molar-refractivity contribution in [2.75, 3.05) is 7.11 Å². The molecular formula is C22H18O7S. The Bertz CT molecular complexity index is 1200. The fourth-order valence-corrected chi connectivity index (χ4v) is 3.61. The zero-order chi connectivity index (χ0) is 21.9. The summed E-state index contributed by atoms with van der Waals surface area (Å²) in [5.74, 6) is -0.875. The van der Waals surface area contributed by atoms with E-state index in [1.807, 2.05) is 0 Å². The molecular weight excluding hydrogens is 408 g/mol. The second-order valence-corrected chi connectivity index (χ2v) is 7.85. The maximum atomic E-state index is 12.3. The number of ether oxygens (including phenoxy) is 2. The third-order valence-electron chi connectivity index (χ3n) is 4.33. The fourth-order valence-electron chi connectivity index (χ4n) is 2.81.